The summed E-state index contributed by atoms with van der Waals surface area (Å²) in [5.74, 6) is 0.789. The number of methoxy groups -OCH3 is 1. The molecule has 0 spiro atoms. The molecule has 0 aromatic heterocycles. The van der Waals surface area contributed by atoms with E-state index in [9.17, 15) is 0 Å². The smallest absolute Gasteiger partial charge is 0.123 e. The molecule has 1 atom stereocenters. The second-order valence-electron chi connectivity index (χ2n) is 5.04. The number of benzene rings is 2. The first-order chi connectivity index (χ1) is 9.44. The first kappa shape index (κ1) is 15.2. The van der Waals surface area contributed by atoms with Gasteiger partial charge in [0, 0.05) is 11.1 Å². The van der Waals surface area contributed by atoms with Gasteiger partial charge in [-0.2, -0.15) is 0 Å². The molecule has 2 rings (SSSR count). The van der Waals surface area contributed by atoms with Crippen LogP contribution in [0.1, 0.15) is 18.1 Å². The van der Waals surface area contributed by atoms with Crippen LogP contribution < -0.4 is 10.5 Å². The van der Waals surface area contributed by atoms with E-state index in [1.54, 1.807) is 13.2 Å². The Morgan fingerprint density at radius 2 is 1.80 bits per heavy atom. The molecule has 0 aliphatic carbocycles. The zero-order chi connectivity index (χ0) is 14.8. The number of ether oxygens (including phenoxy) is 1. The largest absolute Gasteiger partial charge is 0.496 e. The maximum atomic E-state index is 6.48. The fourth-order valence-corrected chi connectivity index (χ4v) is 2.61. The number of nitrogens with two attached hydrogens (primary N) is 1. The van der Waals surface area contributed by atoms with E-state index in [0.717, 1.165) is 16.9 Å². The molecule has 4 heteroatoms. The Morgan fingerprint density at radius 3 is 2.45 bits per heavy atom. The monoisotopic (exact) mass is 309 g/mol. The minimum absolute atomic E-state index is 0.542. The van der Waals surface area contributed by atoms with Crippen LogP contribution in [0.15, 0.2) is 42.5 Å². The van der Waals surface area contributed by atoms with Gasteiger partial charge >= 0.3 is 0 Å². The van der Waals surface area contributed by atoms with Gasteiger partial charge in [-0.15, -0.1) is 0 Å². The van der Waals surface area contributed by atoms with Gasteiger partial charge in [0.2, 0.25) is 0 Å². The van der Waals surface area contributed by atoms with Crippen molar-refractivity contribution in [3.63, 3.8) is 0 Å². The Labute approximate surface area is 129 Å². The van der Waals surface area contributed by atoms with Crippen molar-refractivity contribution >= 4 is 23.2 Å². The summed E-state index contributed by atoms with van der Waals surface area (Å²) in [7, 11) is 1.65. The highest BCUT2D eigenvalue weighted by Crippen LogP contribution is 2.32. The lowest BCUT2D eigenvalue weighted by molar-refractivity contribution is 0.386. The van der Waals surface area contributed by atoms with Gasteiger partial charge in [-0.25, -0.2) is 0 Å². The maximum Gasteiger partial charge on any atom is 0.123 e. The van der Waals surface area contributed by atoms with Crippen LogP contribution in [-0.2, 0) is 12.0 Å². The van der Waals surface area contributed by atoms with E-state index in [1.807, 2.05) is 43.3 Å². The topological polar surface area (TPSA) is 35.2 Å². The molecule has 0 bridgehead atoms. The predicted molar refractivity (Wildman–Crippen MR) is 84.7 cm³/mol. The average molecular weight is 310 g/mol. The summed E-state index contributed by atoms with van der Waals surface area (Å²) < 4.78 is 5.39. The molecule has 0 fully saturated rings. The Balaban J connectivity index is 2.32. The second kappa shape index (κ2) is 6.04. The maximum absolute atomic E-state index is 6.48. The van der Waals surface area contributed by atoms with Crippen molar-refractivity contribution in [2.24, 2.45) is 5.73 Å². The summed E-state index contributed by atoms with van der Waals surface area (Å²) in [6.07, 6.45) is 0.643. The summed E-state index contributed by atoms with van der Waals surface area (Å²) in [6, 6.07) is 13.4. The van der Waals surface area contributed by atoms with Crippen LogP contribution >= 0.6 is 23.2 Å². The van der Waals surface area contributed by atoms with Crippen molar-refractivity contribution in [3.05, 3.63) is 63.6 Å². The Bertz CT molecular complexity index is 611. The molecule has 106 valence electrons. The highest BCUT2D eigenvalue weighted by atomic mass is 35.5. The standard InChI is InChI=1S/C16H17Cl2NO/c1-16(19,12-5-3-4-6-15(12)20-2)10-11-7-8-13(17)14(18)9-11/h3-9H,10,19H2,1-2H3. The molecule has 1 unspecified atom stereocenters. The minimum atomic E-state index is -0.552. The highest BCUT2D eigenvalue weighted by Gasteiger charge is 2.25. The van der Waals surface area contributed by atoms with E-state index >= 15 is 0 Å². The van der Waals surface area contributed by atoms with Crippen LogP contribution in [0.25, 0.3) is 0 Å². The minimum Gasteiger partial charge on any atom is -0.496 e. The number of para-hydroxylation sites is 1. The molecule has 0 radical (unpaired) electrons. The second-order valence-corrected chi connectivity index (χ2v) is 5.86. The molecule has 0 aliphatic heterocycles. The Kier molecular flexibility index (Phi) is 4.59. The number of halogens is 2. The predicted octanol–water partition coefficient (Wildman–Crippen LogP) is 4.42. The molecule has 20 heavy (non-hydrogen) atoms. The summed E-state index contributed by atoms with van der Waals surface area (Å²) >= 11 is 12.0. The van der Waals surface area contributed by atoms with Gasteiger partial charge in [0.05, 0.1) is 17.2 Å². The first-order valence-corrected chi connectivity index (χ1v) is 7.06. The van der Waals surface area contributed by atoms with Gasteiger partial charge in [0.25, 0.3) is 0 Å². The lowest BCUT2D eigenvalue weighted by Gasteiger charge is -2.27. The summed E-state index contributed by atoms with van der Waals surface area (Å²) in [4.78, 5) is 0. The van der Waals surface area contributed by atoms with E-state index in [1.165, 1.54) is 0 Å². The molecule has 2 N–H and O–H groups in total. The SMILES string of the molecule is COc1ccccc1C(C)(N)Cc1ccc(Cl)c(Cl)c1. The molecule has 0 heterocycles. The molecule has 0 amide bonds. The van der Waals surface area contributed by atoms with Crippen LogP contribution in [0, 0.1) is 0 Å². The molecule has 2 aromatic rings. The van der Waals surface area contributed by atoms with Gasteiger partial charge in [0.1, 0.15) is 5.75 Å². The summed E-state index contributed by atoms with van der Waals surface area (Å²) in [6.45, 7) is 1.98. The number of hydrogen-bond donors (Lipinski definition) is 1. The van der Waals surface area contributed by atoms with Gasteiger partial charge in [-0.3, -0.25) is 0 Å². The third-order valence-corrected chi connectivity index (χ3v) is 4.02. The Morgan fingerprint density at radius 1 is 1.10 bits per heavy atom. The molecular weight excluding hydrogens is 293 g/mol. The normalized spacial score (nSPS) is 13.8. The Hall–Kier alpha value is -1.22. The molecule has 2 aromatic carbocycles. The van der Waals surface area contributed by atoms with Gasteiger partial charge in [0.15, 0.2) is 0 Å². The zero-order valence-corrected chi connectivity index (χ0v) is 13.0. The average Bonchev–Trinajstić information content (AvgIpc) is 2.42. The van der Waals surface area contributed by atoms with E-state index in [-0.39, 0.29) is 0 Å². The summed E-state index contributed by atoms with van der Waals surface area (Å²) in [5.41, 5.74) is 7.93. The van der Waals surface area contributed by atoms with Crippen molar-refractivity contribution in [2.75, 3.05) is 7.11 Å². The highest BCUT2D eigenvalue weighted by molar-refractivity contribution is 6.42. The van der Waals surface area contributed by atoms with E-state index < -0.39 is 5.54 Å². The van der Waals surface area contributed by atoms with Crippen molar-refractivity contribution in [2.45, 2.75) is 18.9 Å². The van der Waals surface area contributed by atoms with E-state index in [2.05, 4.69) is 0 Å². The van der Waals surface area contributed by atoms with Crippen LogP contribution in [0.4, 0.5) is 0 Å². The zero-order valence-electron chi connectivity index (χ0n) is 11.5. The van der Waals surface area contributed by atoms with E-state index in [4.69, 9.17) is 33.7 Å². The molecule has 0 aliphatic rings. The van der Waals surface area contributed by atoms with Gasteiger partial charge < -0.3 is 10.5 Å². The first-order valence-electron chi connectivity index (χ1n) is 6.30. The molecule has 0 saturated heterocycles. The molecule has 0 saturated carbocycles. The van der Waals surface area contributed by atoms with Crippen molar-refractivity contribution in [1.82, 2.24) is 0 Å². The lowest BCUT2D eigenvalue weighted by Crippen LogP contribution is -2.35. The van der Waals surface area contributed by atoms with Gasteiger partial charge in [-0.1, -0.05) is 47.5 Å². The summed E-state index contributed by atoms with van der Waals surface area (Å²) in [5, 5.41) is 1.09. The quantitative estimate of drug-likeness (QED) is 0.907. The molecular formula is C16H17Cl2NO. The number of hydrogen-bond acceptors (Lipinski definition) is 2. The van der Waals surface area contributed by atoms with Gasteiger partial charge in [-0.05, 0) is 37.1 Å². The fourth-order valence-electron chi connectivity index (χ4n) is 2.29. The van der Waals surface area contributed by atoms with Crippen LogP contribution in [0.3, 0.4) is 0 Å². The third-order valence-electron chi connectivity index (χ3n) is 3.28. The fraction of sp³-hybridized carbons (Fsp3) is 0.250. The molecule has 2 nitrogen and oxygen atoms in total. The van der Waals surface area contributed by atoms with Crippen molar-refractivity contribution in [1.29, 1.82) is 0 Å². The van der Waals surface area contributed by atoms with E-state index in [0.29, 0.717) is 16.5 Å². The van der Waals surface area contributed by atoms with Crippen LogP contribution in [-0.4, -0.2) is 7.11 Å². The van der Waals surface area contributed by atoms with Crippen molar-refractivity contribution in [3.8, 4) is 5.75 Å². The van der Waals surface area contributed by atoms with Crippen LogP contribution in [0.2, 0.25) is 10.0 Å². The number of rotatable bonds is 4. The van der Waals surface area contributed by atoms with Crippen molar-refractivity contribution < 1.29 is 4.74 Å². The van der Waals surface area contributed by atoms with Crippen LogP contribution in [0.5, 0.6) is 5.75 Å². The third kappa shape index (κ3) is 3.26. The lowest BCUT2D eigenvalue weighted by atomic mass is 9.86.